The summed E-state index contributed by atoms with van der Waals surface area (Å²) in [5, 5.41) is 3.02. The molecule has 3 aromatic rings. The first-order chi connectivity index (χ1) is 12.7. The molecule has 1 aromatic heterocycles. The molecule has 0 aliphatic rings. The third-order valence-electron chi connectivity index (χ3n) is 4.01. The van der Waals surface area contributed by atoms with Gasteiger partial charge in [0, 0.05) is 5.69 Å². The molecule has 140 valence electrons. The predicted octanol–water partition coefficient (Wildman–Crippen LogP) is 4.69. The fourth-order valence-electron chi connectivity index (χ4n) is 3.01. The smallest absolute Gasteiger partial charge is 0.262 e. The zero-order valence-corrected chi connectivity index (χ0v) is 16.1. The summed E-state index contributed by atoms with van der Waals surface area (Å²) in [6.07, 6.45) is 1.43. The third kappa shape index (κ3) is 4.43. The molecule has 2 aromatic carbocycles. The number of nitrogens with zero attached hydrogens (tertiary/aromatic N) is 1. The highest BCUT2D eigenvalue weighted by atomic mass is 32.2. The molecule has 0 aliphatic carbocycles. The minimum absolute atomic E-state index is 0.279. The van der Waals surface area contributed by atoms with Gasteiger partial charge in [0.2, 0.25) is 0 Å². The summed E-state index contributed by atoms with van der Waals surface area (Å²) < 4.78 is 41.1. The molecule has 0 bridgehead atoms. The molecule has 0 unspecified atom stereocenters. The molecule has 0 aliphatic heterocycles. The number of anilines is 3. The van der Waals surface area contributed by atoms with Crippen molar-refractivity contribution < 1.29 is 12.8 Å². The number of nitrogens with one attached hydrogen (secondary N) is 2. The van der Waals surface area contributed by atoms with Gasteiger partial charge >= 0.3 is 0 Å². The molecule has 0 saturated carbocycles. The molecule has 0 fully saturated rings. The van der Waals surface area contributed by atoms with Crippen LogP contribution in [0.4, 0.5) is 21.6 Å². The summed E-state index contributed by atoms with van der Waals surface area (Å²) in [5.74, 6) is 0.201. The van der Waals surface area contributed by atoms with Gasteiger partial charge in [0.1, 0.15) is 11.6 Å². The fourth-order valence-corrected chi connectivity index (χ4v) is 4.50. The molecule has 27 heavy (non-hydrogen) atoms. The SMILES string of the molecule is Cc1cc(C)c(S(=O)(=O)Nc2ccc(Nc3ccc(F)cc3)nc2)c(C)c1. The molecule has 0 saturated heterocycles. The highest BCUT2D eigenvalue weighted by molar-refractivity contribution is 7.92. The summed E-state index contributed by atoms with van der Waals surface area (Å²) in [5.41, 5.74) is 3.45. The van der Waals surface area contributed by atoms with Gasteiger partial charge in [-0.3, -0.25) is 4.72 Å². The van der Waals surface area contributed by atoms with Crippen LogP contribution < -0.4 is 10.0 Å². The Balaban J connectivity index is 1.79. The highest BCUT2D eigenvalue weighted by Crippen LogP contribution is 2.25. The lowest BCUT2D eigenvalue weighted by atomic mass is 10.1. The van der Waals surface area contributed by atoms with E-state index in [1.165, 1.54) is 18.3 Å². The summed E-state index contributed by atoms with van der Waals surface area (Å²) in [7, 11) is -3.72. The van der Waals surface area contributed by atoms with Crippen LogP contribution in [0.5, 0.6) is 0 Å². The number of benzene rings is 2. The normalized spacial score (nSPS) is 11.3. The average Bonchev–Trinajstić information content (AvgIpc) is 2.57. The number of hydrogen-bond acceptors (Lipinski definition) is 4. The zero-order valence-electron chi connectivity index (χ0n) is 15.2. The van der Waals surface area contributed by atoms with Crippen LogP contribution in [0.25, 0.3) is 0 Å². The maximum atomic E-state index is 12.9. The first kappa shape index (κ1) is 18.8. The Morgan fingerprint density at radius 2 is 1.48 bits per heavy atom. The highest BCUT2D eigenvalue weighted by Gasteiger charge is 2.20. The van der Waals surface area contributed by atoms with Gasteiger partial charge in [0.15, 0.2) is 0 Å². The van der Waals surface area contributed by atoms with E-state index in [1.807, 2.05) is 19.1 Å². The maximum absolute atomic E-state index is 12.9. The molecule has 0 spiro atoms. The second-order valence-electron chi connectivity index (χ2n) is 6.40. The van der Waals surface area contributed by atoms with Crippen molar-refractivity contribution >= 4 is 27.2 Å². The van der Waals surface area contributed by atoms with Gasteiger partial charge in [-0.2, -0.15) is 0 Å². The number of hydrogen-bond donors (Lipinski definition) is 2. The van der Waals surface area contributed by atoms with Gasteiger partial charge in [0.25, 0.3) is 10.0 Å². The average molecular weight is 385 g/mol. The standard InChI is InChI=1S/C20H20FN3O2S/c1-13-10-14(2)20(15(3)11-13)27(25,26)24-18-8-9-19(22-12-18)23-17-6-4-16(21)5-7-17/h4-12,24H,1-3H3,(H,22,23). The van der Waals surface area contributed by atoms with Crippen LogP contribution in [0.15, 0.2) is 59.6 Å². The Morgan fingerprint density at radius 3 is 2.04 bits per heavy atom. The van der Waals surface area contributed by atoms with E-state index in [0.717, 1.165) is 5.56 Å². The molecular weight excluding hydrogens is 365 g/mol. The van der Waals surface area contributed by atoms with Crippen molar-refractivity contribution in [1.82, 2.24) is 4.98 Å². The third-order valence-corrected chi connectivity index (χ3v) is 5.69. The largest absolute Gasteiger partial charge is 0.340 e. The lowest BCUT2D eigenvalue weighted by Gasteiger charge is -2.14. The Bertz CT molecular complexity index is 1040. The van der Waals surface area contributed by atoms with Gasteiger partial charge in [-0.05, 0) is 68.3 Å². The first-order valence-corrected chi connectivity index (χ1v) is 9.82. The van der Waals surface area contributed by atoms with Crippen molar-refractivity contribution in [2.75, 3.05) is 10.0 Å². The van der Waals surface area contributed by atoms with Crippen LogP contribution in [-0.4, -0.2) is 13.4 Å². The molecule has 3 rings (SSSR count). The van der Waals surface area contributed by atoms with Crippen molar-refractivity contribution in [2.45, 2.75) is 25.7 Å². The maximum Gasteiger partial charge on any atom is 0.262 e. The molecule has 0 atom stereocenters. The number of pyridine rings is 1. The Kier molecular flexibility index (Phi) is 5.14. The Morgan fingerprint density at radius 1 is 0.889 bits per heavy atom. The summed E-state index contributed by atoms with van der Waals surface area (Å²) >= 11 is 0. The van der Waals surface area contributed by atoms with Gasteiger partial charge in [-0.25, -0.2) is 17.8 Å². The number of aryl methyl sites for hydroxylation is 3. The fraction of sp³-hybridized carbons (Fsp3) is 0.150. The lowest BCUT2D eigenvalue weighted by Crippen LogP contribution is -2.16. The number of halogens is 1. The van der Waals surface area contributed by atoms with Gasteiger partial charge in [-0.15, -0.1) is 0 Å². The van der Waals surface area contributed by atoms with E-state index >= 15 is 0 Å². The van der Waals surface area contributed by atoms with E-state index in [1.54, 1.807) is 38.1 Å². The molecule has 0 radical (unpaired) electrons. The van der Waals surface area contributed by atoms with E-state index in [9.17, 15) is 12.8 Å². The number of sulfonamides is 1. The first-order valence-electron chi connectivity index (χ1n) is 8.34. The van der Waals surface area contributed by atoms with Gasteiger partial charge in [0.05, 0.1) is 16.8 Å². The van der Waals surface area contributed by atoms with Crippen LogP contribution >= 0.6 is 0 Å². The van der Waals surface area contributed by atoms with E-state index in [2.05, 4.69) is 15.0 Å². The second kappa shape index (κ2) is 7.36. The van der Waals surface area contributed by atoms with Crippen molar-refractivity contribution in [3.8, 4) is 0 Å². The Labute approximate surface area is 158 Å². The number of rotatable bonds is 5. The van der Waals surface area contributed by atoms with Crippen LogP contribution in [-0.2, 0) is 10.0 Å². The zero-order chi connectivity index (χ0) is 19.6. The monoisotopic (exact) mass is 385 g/mol. The second-order valence-corrected chi connectivity index (χ2v) is 8.02. The minimum atomic E-state index is -3.72. The van der Waals surface area contributed by atoms with E-state index in [-0.39, 0.29) is 10.7 Å². The topological polar surface area (TPSA) is 71.1 Å². The van der Waals surface area contributed by atoms with Gasteiger partial charge in [-0.1, -0.05) is 17.7 Å². The summed E-state index contributed by atoms with van der Waals surface area (Å²) in [6.45, 7) is 5.49. The molecule has 7 heteroatoms. The molecule has 1 heterocycles. The molecule has 2 N–H and O–H groups in total. The molecule has 0 amide bonds. The van der Waals surface area contributed by atoms with Crippen LogP contribution in [0.1, 0.15) is 16.7 Å². The molecular formula is C20H20FN3O2S. The van der Waals surface area contributed by atoms with Crippen molar-refractivity contribution in [1.29, 1.82) is 0 Å². The quantitative estimate of drug-likeness (QED) is 0.668. The minimum Gasteiger partial charge on any atom is -0.340 e. The van der Waals surface area contributed by atoms with Crippen molar-refractivity contribution in [3.63, 3.8) is 0 Å². The van der Waals surface area contributed by atoms with Crippen LogP contribution in [0.2, 0.25) is 0 Å². The van der Waals surface area contributed by atoms with Crippen molar-refractivity contribution in [3.05, 3.63) is 77.2 Å². The lowest BCUT2D eigenvalue weighted by molar-refractivity contribution is 0.600. The molecule has 5 nitrogen and oxygen atoms in total. The van der Waals surface area contributed by atoms with Crippen molar-refractivity contribution in [2.24, 2.45) is 0 Å². The summed E-state index contributed by atoms with van der Waals surface area (Å²) in [4.78, 5) is 4.48. The summed E-state index contributed by atoms with van der Waals surface area (Å²) in [6, 6.07) is 12.8. The van der Waals surface area contributed by atoms with Gasteiger partial charge < -0.3 is 5.32 Å². The number of aromatic nitrogens is 1. The predicted molar refractivity (Wildman–Crippen MR) is 105 cm³/mol. The van der Waals surface area contributed by atoms with Crippen LogP contribution in [0, 0.1) is 26.6 Å². The van der Waals surface area contributed by atoms with Crippen LogP contribution in [0.3, 0.4) is 0 Å². The van der Waals surface area contributed by atoms with E-state index in [0.29, 0.717) is 28.3 Å². The van der Waals surface area contributed by atoms with E-state index in [4.69, 9.17) is 0 Å². The van der Waals surface area contributed by atoms with E-state index < -0.39 is 10.0 Å². The Hall–Kier alpha value is -2.93.